The summed E-state index contributed by atoms with van der Waals surface area (Å²) in [6.07, 6.45) is 7.62. The second-order valence-electron chi connectivity index (χ2n) is 6.11. The Balaban J connectivity index is 1.48. The highest BCUT2D eigenvalue weighted by Crippen LogP contribution is 2.44. The van der Waals surface area contributed by atoms with E-state index in [1.165, 1.54) is 36.6 Å². The molecule has 2 aromatic rings. The normalized spacial score (nSPS) is 19.2. The first kappa shape index (κ1) is 11.4. The molecule has 0 saturated heterocycles. The third-order valence-corrected chi connectivity index (χ3v) is 4.47. The first-order chi connectivity index (χ1) is 9.40. The maximum Gasteiger partial charge on any atom is 0.0702 e. The molecule has 1 aromatic heterocycles. The third-order valence-electron chi connectivity index (χ3n) is 4.47. The maximum absolute atomic E-state index is 4.37. The van der Waals surface area contributed by atoms with Gasteiger partial charge < -0.3 is 5.32 Å². The molecule has 2 aliphatic carbocycles. The van der Waals surface area contributed by atoms with Crippen molar-refractivity contribution in [2.45, 2.75) is 38.3 Å². The number of pyridine rings is 1. The van der Waals surface area contributed by atoms with Crippen LogP contribution in [0.4, 0.5) is 0 Å². The van der Waals surface area contributed by atoms with E-state index in [9.17, 15) is 0 Å². The molecule has 1 N–H and O–H groups in total. The second kappa shape index (κ2) is 4.61. The highest BCUT2D eigenvalue weighted by Gasteiger charge is 2.40. The van der Waals surface area contributed by atoms with Crippen LogP contribution in [0.15, 0.2) is 36.5 Å². The summed E-state index contributed by atoms with van der Waals surface area (Å²) >= 11 is 0. The highest BCUT2D eigenvalue weighted by atomic mass is 14.9. The molecule has 1 heterocycles. The molecule has 0 unspecified atom stereocenters. The number of benzene rings is 1. The summed E-state index contributed by atoms with van der Waals surface area (Å²) < 4.78 is 0. The molecule has 0 atom stereocenters. The van der Waals surface area contributed by atoms with Crippen LogP contribution in [0.2, 0.25) is 0 Å². The molecule has 2 fully saturated rings. The summed E-state index contributed by atoms with van der Waals surface area (Å²) in [4.78, 5) is 4.37. The lowest BCUT2D eigenvalue weighted by molar-refractivity contribution is 0.416. The fourth-order valence-electron chi connectivity index (χ4n) is 3.10. The van der Waals surface area contributed by atoms with Gasteiger partial charge in [0, 0.05) is 24.2 Å². The molecule has 2 aliphatic rings. The Morgan fingerprint density at radius 1 is 1.11 bits per heavy atom. The summed E-state index contributed by atoms with van der Waals surface area (Å²) in [7, 11) is 0. The fourth-order valence-corrected chi connectivity index (χ4v) is 3.10. The standard InChI is InChI=1S/C17H20N2/c1-2-15-10-12(3-8-16(15)18-9-1)11-19-17(13-4-5-13)14-6-7-14/h1-3,8-10,13-14,17,19H,4-7,11H2. The lowest BCUT2D eigenvalue weighted by atomic mass is 10.1. The zero-order valence-corrected chi connectivity index (χ0v) is 11.2. The molecular formula is C17H20N2. The predicted octanol–water partition coefficient (Wildman–Crippen LogP) is 3.51. The van der Waals surface area contributed by atoms with Crippen LogP contribution < -0.4 is 5.32 Å². The van der Waals surface area contributed by atoms with Crippen molar-refractivity contribution in [3.63, 3.8) is 0 Å². The summed E-state index contributed by atoms with van der Waals surface area (Å²) in [5.41, 5.74) is 2.47. The quantitative estimate of drug-likeness (QED) is 0.880. The Kier molecular flexibility index (Phi) is 2.77. The van der Waals surface area contributed by atoms with Gasteiger partial charge in [0.1, 0.15) is 0 Å². The van der Waals surface area contributed by atoms with Gasteiger partial charge in [-0.05, 0) is 61.3 Å². The van der Waals surface area contributed by atoms with E-state index in [0.717, 1.165) is 29.9 Å². The molecule has 2 saturated carbocycles. The molecule has 98 valence electrons. The Morgan fingerprint density at radius 3 is 2.63 bits per heavy atom. The van der Waals surface area contributed by atoms with Crippen molar-refractivity contribution in [2.75, 3.05) is 0 Å². The van der Waals surface area contributed by atoms with E-state index in [0.29, 0.717) is 0 Å². The van der Waals surface area contributed by atoms with Crippen molar-refractivity contribution in [1.29, 1.82) is 0 Å². The van der Waals surface area contributed by atoms with E-state index in [1.807, 2.05) is 12.3 Å². The first-order valence-electron chi connectivity index (χ1n) is 7.47. The van der Waals surface area contributed by atoms with Crippen LogP contribution in [0.5, 0.6) is 0 Å². The van der Waals surface area contributed by atoms with Crippen LogP contribution in [0.3, 0.4) is 0 Å². The number of aromatic nitrogens is 1. The molecule has 0 bridgehead atoms. The molecule has 2 nitrogen and oxygen atoms in total. The summed E-state index contributed by atoms with van der Waals surface area (Å²) in [5, 5.41) is 5.05. The molecule has 0 amide bonds. The number of rotatable bonds is 5. The number of nitrogens with zero attached hydrogens (tertiary/aromatic N) is 1. The molecule has 0 aliphatic heterocycles. The van der Waals surface area contributed by atoms with E-state index in [-0.39, 0.29) is 0 Å². The van der Waals surface area contributed by atoms with Crippen LogP contribution in [0.1, 0.15) is 31.2 Å². The van der Waals surface area contributed by atoms with Crippen molar-refractivity contribution >= 4 is 10.9 Å². The largest absolute Gasteiger partial charge is 0.309 e. The van der Waals surface area contributed by atoms with Crippen LogP contribution >= 0.6 is 0 Å². The Labute approximate surface area is 114 Å². The van der Waals surface area contributed by atoms with Crippen molar-refractivity contribution in [1.82, 2.24) is 10.3 Å². The topological polar surface area (TPSA) is 24.9 Å². The average molecular weight is 252 g/mol. The number of hydrogen-bond donors (Lipinski definition) is 1. The van der Waals surface area contributed by atoms with Gasteiger partial charge in [-0.15, -0.1) is 0 Å². The number of fused-ring (bicyclic) bond motifs is 1. The molecular weight excluding hydrogens is 232 g/mol. The van der Waals surface area contributed by atoms with Gasteiger partial charge in [0.15, 0.2) is 0 Å². The SMILES string of the molecule is c1cnc2ccc(CNC(C3CC3)C3CC3)cc2c1. The minimum Gasteiger partial charge on any atom is -0.309 e. The van der Waals surface area contributed by atoms with Crippen LogP contribution in [0, 0.1) is 11.8 Å². The maximum atomic E-state index is 4.37. The molecule has 0 radical (unpaired) electrons. The van der Waals surface area contributed by atoms with Gasteiger partial charge in [-0.1, -0.05) is 12.1 Å². The van der Waals surface area contributed by atoms with Crippen LogP contribution in [-0.2, 0) is 6.54 Å². The summed E-state index contributed by atoms with van der Waals surface area (Å²) in [6, 6.07) is 11.5. The van der Waals surface area contributed by atoms with E-state index >= 15 is 0 Å². The van der Waals surface area contributed by atoms with Gasteiger partial charge in [-0.2, -0.15) is 0 Å². The third kappa shape index (κ3) is 2.50. The van der Waals surface area contributed by atoms with E-state index in [2.05, 4.69) is 34.6 Å². The lowest BCUT2D eigenvalue weighted by Crippen LogP contribution is -2.32. The number of hydrogen-bond acceptors (Lipinski definition) is 2. The van der Waals surface area contributed by atoms with E-state index < -0.39 is 0 Å². The minimum absolute atomic E-state index is 0.782. The first-order valence-corrected chi connectivity index (χ1v) is 7.47. The minimum atomic E-state index is 0.782. The fraction of sp³-hybridized carbons (Fsp3) is 0.471. The van der Waals surface area contributed by atoms with Gasteiger partial charge in [0.05, 0.1) is 5.52 Å². The van der Waals surface area contributed by atoms with Gasteiger partial charge in [-0.25, -0.2) is 0 Å². The van der Waals surface area contributed by atoms with Crippen LogP contribution in [0.25, 0.3) is 10.9 Å². The zero-order chi connectivity index (χ0) is 12.7. The molecule has 2 heteroatoms. The molecule has 1 aromatic carbocycles. The van der Waals surface area contributed by atoms with Gasteiger partial charge in [0.25, 0.3) is 0 Å². The van der Waals surface area contributed by atoms with E-state index in [4.69, 9.17) is 0 Å². The zero-order valence-electron chi connectivity index (χ0n) is 11.2. The average Bonchev–Trinajstić information content (AvgIpc) is 3.32. The van der Waals surface area contributed by atoms with Crippen molar-refractivity contribution < 1.29 is 0 Å². The van der Waals surface area contributed by atoms with Gasteiger partial charge in [0.2, 0.25) is 0 Å². The molecule has 4 rings (SSSR count). The predicted molar refractivity (Wildman–Crippen MR) is 77.8 cm³/mol. The smallest absolute Gasteiger partial charge is 0.0702 e. The Bertz CT molecular complexity index is 573. The molecule has 0 spiro atoms. The van der Waals surface area contributed by atoms with Crippen molar-refractivity contribution in [3.8, 4) is 0 Å². The summed E-state index contributed by atoms with van der Waals surface area (Å²) in [6.45, 7) is 1.00. The highest BCUT2D eigenvalue weighted by molar-refractivity contribution is 5.78. The number of nitrogens with one attached hydrogen (secondary N) is 1. The molecule has 19 heavy (non-hydrogen) atoms. The Morgan fingerprint density at radius 2 is 1.89 bits per heavy atom. The second-order valence-corrected chi connectivity index (χ2v) is 6.11. The summed E-state index contributed by atoms with van der Waals surface area (Å²) in [5.74, 6) is 1.93. The van der Waals surface area contributed by atoms with Crippen molar-refractivity contribution in [3.05, 3.63) is 42.1 Å². The Hall–Kier alpha value is -1.41. The van der Waals surface area contributed by atoms with E-state index in [1.54, 1.807) is 0 Å². The van der Waals surface area contributed by atoms with Gasteiger partial charge in [-0.3, -0.25) is 4.98 Å². The van der Waals surface area contributed by atoms with Gasteiger partial charge >= 0.3 is 0 Å². The monoisotopic (exact) mass is 252 g/mol. The van der Waals surface area contributed by atoms with Crippen LogP contribution in [-0.4, -0.2) is 11.0 Å². The van der Waals surface area contributed by atoms with Crippen molar-refractivity contribution in [2.24, 2.45) is 11.8 Å². The lowest BCUT2D eigenvalue weighted by Gasteiger charge is -2.17.